The molecule has 2 aromatic carbocycles. The van der Waals surface area contributed by atoms with Crippen LogP contribution in [0.4, 0.5) is 0 Å². The van der Waals surface area contributed by atoms with Crippen LogP contribution in [0.5, 0.6) is 0 Å². The van der Waals surface area contributed by atoms with Crippen LogP contribution in [0.15, 0.2) is 65.2 Å². The van der Waals surface area contributed by atoms with Gasteiger partial charge in [0.15, 0.2) is 5.82 Å². The number of aromatic nitrogens is 3. The number of fused-ring (bicyclic) bond motifs is 1. The minimum atomic E-state index is 0.628. The molecule has 4 rings (SSSR count). The molecule has 0 N–H and O–H groups in total. The Bertz CT molecular complexity index is 931. The van der Waals surface area contributed by atoms with Crippen molar-refractivity contribution in [1.82, 2.24) is 15.1 Å². The highest BCUT2D eigenvalue weighted by Crippen LogP contribution is 2.30. The van der Waals surface area contributed by atoms with Crippen LogP contribution < -0.4 is 0 Å². The van der Waals surface area contributed by atoms with E-state index in [1.165, 1.54) is 0 Å². The van der Waals surface area contributed by atoms with E-state index in [-0.39, 0.29) is 0 Å². The van der Waals surface area contributed by atoms with Crippen LogP contribution in [0.1, 0.15) is 5.69 Å². The van der Waals surface area contributed by atoms with Crippen LogP contribution in [0.2, 0.25) is 0 Å². The lowest BCUT2D eigenvalue weighted by Gasteiger charge is -2.05. The molecule has 0 fully saturated rings. The van der Waals surface area contributed by atoms with Gasteiger partial charge < -0.3 is 4.52 Å². The third-order valence-corrected chi connectivity index (χ3v) is 3.56. The van der Waals surface area contributed by atoms with Crippen LogP contribution in [-0.4, -0.2) is 15.1 Å². The fraction of sp³-hybridized carbons (Fsp3) is 0.0556. The lowest BCUT2D eigenvalue weighted by Crippen LogP contribution is -1.94. The van der Waals surface area contributed by atoms with E-state index in [1.807, 2.05) is 67.6 Å². The number of benzene rings is 2. The lowest BCUT2D eigenvalue weighted by molar-refractivity contribution is 0.450. The van der Waals surface area contributed by atoms with Crippen molar-refractivity contribution in [1.29, 1.82) is 0 Å². The summed E-state index contributed by atoms with van der Waals surface area (Å²) < 4.78 is 5.45. The van der Waals surface area contributed by atoms with Crippen molar-refractivity contribution in [3.8, 4) is 22.6 Å². The van der Waals surface area contributed by atoms with Crippen molar-refractivity contribution >= 4 is 11.1 Å². The molecule has 0 amide bonds. The highest BCUT2D eigenvalue weighted by atomic mass is 16.5. The maximum atomic E-state index is 5.45. The van der Waals surface area contributed by atoms with E-state index >= 15 is 0 Å². The molecule has 0 atom stereocenters. The minimum absolute atomic E-state index is 0.628. The Morgan fingerprint density at radius 3 is 2.09 bits per heavy atom. The summed E-state index contributed by atoms with van der Waals surface area (Å²) in [5, 5.41) is 4.04. The molecule has 0 aliphatic heterocycles. The van der Waals surface area contributed by atoms with Crippen LogP contribution in [-0.2, 0) is 0 Å². The van der Waals surface area contributed by atoms with Crippen LogP contribution in [0.3, 0.4) is 0 Å². The second-order valence-corrected chi connectivity index (χ2v) is 5.07. The number of rotatable bonds is 2. The number of nitrogens with zero attached hydrogens (tertiary/aromatic N) is 3. The van der Waals surface area contributed by atoms with Crippen molar-refractivity contribution in [2.75, 3.05) is 0 Å². The zero-order chi connectivity index (χ0) is 14.9. The summed E-state index contributed by atoms with van der Waals surface area (Å²) in [5.74, 6) is 0.679. The summed E-state index contributed by atoms with van der Waals surface area (Å²) in [4.78, 5) is 9.33. The Morgan fingerprint density at radius 1 is 0.773 bits per heavy atom. The number of hydrogen-bond donors (Lipinski definition) is 0. The Kier molecular flexibility index (Phi) is 2.93. The molecule has 0 unspecified atom stereocenters. The molecule has 22 heavy (non-hydrogen) atoms. The summed E-state index contributed by atoms with van der Waals surface area (Å²) >= 11 is 0. The van der Waals surface area contributed by atoms with Gasteiger partial charge in [0.2, 0.25) is 5.58 Å². The van der Waals surface area contributed by atoms with E-state index in [9.17, 15) is 0 Å². The second-order valence-electron chi connectivity index (χ2n) is 5.07. The van der Waals surface area contributed by atoms with Gasteiger partial charge in [-0.2, -0.15) is 0 Å². The summed E-state index contributed by atoms with van der Waals surface area (Å²) in [6.07, 6.45) is 0. The van der Waals surface area contributed by atoms with E-state index in [0.717, 1.165) is 28.0 Å². The third-order valence-electron chi connectivity index (χ3n) is 3.56. The van der Waals surface area contributed by atoms with Crippen molar-refractivity contribution < 1.29 is 4.52 Å². The highest BCUT2D eigenvalue weighted by Gasteiger charge is 2.16. The fourth-order valence-corrected chi connectivity index (χ4v) is 2.45. The Balaban J connectivity index is 2.03. The van der Waals surface area contributed by atoms with E-state index < -0.39 is 0 Å². The van der Waals surface area contributed by atoms with Gasteiger partial charge in [0.1, 0.15) is 16.9 Å². The molecule has 0 bridgehead atoms. The molecule has 0 spiro atoms. The summed E-state index contributed by atoms with van der Waals surface area (Å²) in [7, 11) is 0. The quantitative estimate of drug-likeness (QED) is 0.552. The van der Waals surface area contributed by atoms with E-state index in [1.54, 1.807) is 0 Å². The molecule has 106 valence electrons. The van der Waals surface area contributed by atoms with Gasteiger partial charge in [-0.05, 0) is 6.92 Å². The number of aryl methyl sites for hydroxylation is 1. The van der Waals surface area contributed by atoms with E-state index in [2.05, 4.69) is 10.1 Å². The first-order chi connectivity index (χ1) is 10.8. The molecule has 4 heteroatoms. The average Bonchev–Trinajstić information content (AvgIpc) is 2.97. The monoisotopic (exact) mass is 287 g/mol. The first-order valence-corrected chi connectivity index (χ1v) is 7.08. The van der Waals surface area contributed by atoms with Crippen LogP contribution in [0, 0.1) is 6.92 Å². The van der Waals surface area contributed by atoms with Gasteiger partial charge in [-0.3, -0.25) is 0 Å². The predicted molar refractivity (Wildman–Crippen MR) is 85.2 cm³/mol. The maximum Gasteiger partial charge on any atom is 0.211 e. The molecule has 4 nitrogen and oxygen atoms in total. The molecule has 2 aromatic heterocycles. The van der Waals surface area contributed by atoms with Gasteiger partial charge in [-0.25, -0.2) is 9.97 Å². The standard InChI is InChI=1S/C18H13N3O/c1-12-15-17(22-21-12)16(13-8-4-2-5-9-13)20-18(19-15)14-10-6-3-7-11-14/h2-11H,1H3. The molecule has 0 aliphatic carbocycles. The van der Waals surface area contributed by atoms with Gasteiger partial charge in [0.25, 0.3) is 0 Å². The van der Waals surface area contributed by atoms with E-state index in [4.69, 9.17) is 9.51 Å². The van der Waals surface area contributed by atoms with Gasteiger partial charge in [-0.15, -0.1) is 0 Å². The van der Waals surface area contributed by atoms with Crippen molar-refractivity contribution in [3.05, 3.63) is 66.4 Å². The highest BCUT2D eigenvalue weighted by molar-refractivity contribution is 5.90. The van der Waals surface area contributed by atoms with Crippen LogP contribution in [0.25, 0.3) is 33.7 Å². The molecular weight excluding hydrogens is 274 g/mol. The SMILES string of the molecule is Cc1noc2c(-c3ccccc3)nc(-c3ccccc3)nc12. The van der Waals surface area contributed by atoms with Crippen molar-refractivity contribution in [2.24, 2.45) is 0 Å². The first-order valence-electron chi connectivity index (χ1n) is 7.08. The van der Waals surface area contributed by atoms with Crippen molar-refractivity contribution in [2.45, 2.75) is 6.92 Å². The topological polar surface area (TPSA) is 51.8 Å². The predicted octanol–water partition coefficient (Wildman–Crippen LogP) is 4.26. The average molecular weight is 287 g/mol. The molecule has 0 radical (unpaired) electrons. The van der Waals surface area contributed by atoms with Gasteiger partial charge in [0, 0.05) is 11.1 Å². The molecule has 0 saturated carbocycles. The second kappa shape index (κ2) is 5.07. The third kappa shape index (κ3) is 2.05. The molecule has 2 heterocycles. The molecular formula is C18H13N3O. The normalized spacial score (nSPS) is 11.0. The Labute approximate surface area is 127 Å². The largest absolute Gasteiger partial charge is 0.352 e. The van der Waals surface area contributed by atoms with Gasteiger partial charge in [0.05, 0.1) is 0 Å². The summed E-state index contributed by atoms with van der Waals surface area (Å²) in [6, 6.07) is 19.9. The number of hydrogen-bond acceptors (Lipinski definition) is 4. The first kappa shape index (κ1) is 12.7. The van der Waals surface area contributed by atoms with Gasteiger partial charge in [-0.1, -0.05) is 65.8 Å². The Hall–Kier alpha value is -3.01. The summed E-state index contributed by atoms with van der Waals surface area (Å²) in [5.41, 5.74) is 4.89. The zero-order valence-corrected chi connectivity index (χ0v) is 12.0. The molecule has 4 aromatic rings. The smallest absolute Gasteiger partial charge is 0.211 e. The summed E-state index contributed by atoms with van der Waals surface area (Å²) in [6.45, 7) is 1.89. The van der Waals surface area contributed by atoms with Gasteiger partial charge >= 0.3 is 0 Å². The lowest BCUT2D eigenvalue weighted by atomic mass is 10.1. The van der Waals surface area contributed by atoms with Crippen molar-refractivity contribution in [3.63, 3.8) is 0 Å². The molecule has 0 saturated heterocycles. The minimum Gasteiger partial charge on any atom is -0.352 e. The fourth-order valence-electron chi connectivity index (χ4n) is 2.45. The Morgan fingerprint density at radius 2 is 1.41 bits per heavy atom. The molecule has 0 aliphatic rings. The zero-order valence-electron chi connectivity index (χ0n) is 12.0. The van der Waals surface area contributed by atoms with Crippen LogP contribution >= 0.6 is 0 Å². The maximum absolute atomic E-state index is 5.45. The van der Waals surface area contributed by atoms with E-state index in [0.29, 0.717) is 11.4 Å².